The molecule has 0 aromatic rings. The summed E-state index contributed by atoms with van der Waals surface area (Å²) in [6, 6.07) is 0. The van der Waals surface area contributed by atoms with Gasteiger partial charge in [0.15, 0.2) is 0 Å². The number of ether oxygens (including phenoxy) is 2. The maximum Gasteiger partial charge on any atom is 0.333 e. The molecule has 152 valence electrons. The molecule has 0 amide bonds. The Hall–Kier alpha value is -1.32. The lowest BCUT2D eigenvalue weighted by molar-refractivity contribution is -0.162. The Morgan fingerprint density at radius 3 is 2.44 bits per heavy atom. The quantitative estimate of drug-likeness (QED) is 0.495. The van der Waals surface area contributed by atoms with E-state index in [0.717, 1.165) is 19.3 Å². The van der Waals surface area contributed by atoms with Gasteiger partial charge >= 0.3 is 11.9 Å². The van der Waals surface area contributed by atoms with Gasteiger partial charge in [0.2, 0.25) is 0 Å². The fourth-order valence-electron chi connectivity index (χ4n) is 5.64. The molecule has 3 saturated carbocycles. The lowest BCUT2D eigenvalue weighted by Crippen LogP contribution is -2.36. The van der Waals surface area contributed by atoms with Crippen LogP contribution in [0.1, 0.15) is 66.7 Å². The fourth-order valence-corrected chi connectivity index (χ4v) is 5.64. The molecule has 0 saturated heterocycles. The Balaban J connectivity index is 1.55. The van der Waals surface area contributed by atoms with E-state index in [0.29, 0.717) is 47.7 Å². The minimum atomic E-state index is -0.437. The van der Waals surface area contributed by atoms with Crippen molar-refractivity contribution < 1.29 is 19.1 Å². The van der Waals surface area contributed by atoms with Crippen LogP contribution in [0.25, 0.3) is 0 Å². The van der Waals surface area contributed by atoms with Crippen LogP contribution in [0.3, 0.4) is 0 Å². The van der Waals surface area contributed by atoms with Crippen molar-refractivity contribution in [1.29, 1.82) is 0 Å². The molecule has 0 heterocycles. The molecule has 3 aliphatic rings. The summed E-state index contributed by atoms with van der Waals surface area (Å²) in [5.74, 6) is 3.02. The summed E-state index contributed by atoms with van der Waals surface area (Å²) >= 11 is 0. The molecule has 6 atom stereocenters. The monoisotopic (exact) mass is 376 g/mol. The molecule has 0 aromatic heterocycles. The zero-order valence-electron chi connectivity index (χ0n) is 17.6. The molecule has 0 radical (unpaired) electrons. The molecule has 3 rings (SSSR count). The summed E-state index contributed by atoms with van der Waals surface area (Å²) in [6.45, 7) is 14.3. The van der Waals surface area contributed by atoms with Crippen molar-refractivity contribution >= 4 is 11.9 Å². The third kappa shape index (κ3) is 4.25. The molecule has 0 spiro atoms. The molecule has 4 nitrogen and oxygen atoms in total. The zero-order chi connectivity index (χ0) is 19.9. The van der Waals surface area contributed by atoms with Gasteiger partial charge < -0.3 is 9.47 Å². The topological polar surface area (TPSA) is 52.6 Å². The molecule has 3 aliphatic carbocycles. The second kappa shape index (κ2) is 7.60. The van der Waals surface area contributed by atoms with Crippen LogP contribution >= 0.6 is 0 Å². The predicted octanol–water partition coefficient (Wildman–Crippen LogP) is 4.77. The molecule has 0 aliphatic heterocycles. The first-order chi connectivity index (χ1) is 12.6. The minimum Gasteiger partial charge on any atom is -0.462 e. The summed E-state index contributed by atoms with van der Waals surface area (Å²) in [7, 11) is 0. The summed E-state index contributed by atoms with van der Waals surface area (Å²) < 4.78 is 11.2. The number of fused-ring (bicyclic) bond motifs is 5. The van der Waals surface area contributed by atoms with Gasteiger partial charge in [-0.05, 0) is 88.4 Å². The van der Waals surface area contributed by atoms with E-state index < -0.39 is 5.41 Å². The predicted molar refractivity (Wildman–Crippen MR) is 105 cm³/mol. The number of carbonyl (C=O) groups is 2. The Morgan fingerprint density at radius 1 is 1.11 bits per heavy atom. The second-order valence-electron chi connectivity index (χ2n) is 10.5. The number of esters is 2. The van der Waals surface area contributed by atoms with E-state index in [1.165, 1.54) is 12.8 Å². The van der Waals surface area contributed by atoms with Crippen LogP contribution in [-0.2, 0) is 19.1 Å². The third-order valence-corrected chi connectivity index (χ3v) is 6.81. The van der Waals surface area contributed by atoms with Crippen molar-refractivity contribution in [2.75, 3.05) is 6.61 Å². The van der Waals surface area contributed by atoms with Crippen LogP contribution in [-0.4, -0.2) is 24.6 Å². The van der Waals surface area contributed by atoms with Crippen molar-refractivity contribution in [2.24, 2.45) is 40.9 Å². The highest BCUT2D eigenvalue weighted by molar-refractivity contribution is 5.87. The van der Waals surface area contributed by atoms with E-state index in [-0.39, 0.29) is 18.0 Å². The first-order valence-electron chi connectivity index (χ1n) is 10.6. The van der Waals surface area contributed by atoms with E-state index in [9.17, 15) is 9.59 Å². The van der Waals surface area contributed by atoms with Gasteiger partial charge in [-0.1, -0.05) is 20.4 Å². The Bertz CT molecular complexity index is 600. The van der Waals surface area contributed by atoms with Gasteiger partial charge in [-0.25, -0.2) is 4.79 Å². The molecule has 0 aromatic carbocycles. The first-order valence-corrected chi connectivity index (χ1v) is 10.6. The van der Waals surface area contributed by atoms with Crippen LogP contribution < -0.4 is 0 Å². The Morgan fingerprint density at radius 2 is 1.81 bits per heavy atom. The third-order valence-electron chi connectivity index (χ3n) is 6.81. The van der Waals surface area contributed by atoms with Crippen LogP contribution in [0.2, 0.25) is 0 Å². The summed E-state index contributed by atoms with van der Waals surface area (Å²) in [6.07, 6.45) is 5.37. The van der Waals surface area contributed by atoms with Crippen LogP contribution in [0.5, 0.6) is 0 Å². The molecular weight excluding hydrogens is 340 g/mol. The van der Waals surface area contributed by atoms with Crippen molar-refractivity contribution in [2.45, 2.75) is 72.8 Å². The van der Waals surface area contributed by atoms with Gasteiger partial charge in [0.05, 0.1) is 12.0 Å². The average molecular weight is 377 g/mol. The van der Waals surface area contributed by atoms with E-state index in [1.54, 1.807) is 0 Å². The van der Waals surface area contributed by atoms with Crippen LogP contribution in [0.4, 0.5) is 0 Å². The van der Waals surface area contributed by atoms with Gasteiger partial charge in [0.1, 0.15) is 6.10 Å². The highest BCUT2D eigenvalue weighted by atomic mass is 16.5. The summed E-state index contributed by atoms with van der Waals surface area (Å²) in [4.78, 5) is 24.5. The molecule has 3 fully saturated rings. The van der Waals surface area contributed by atoms with E-state index in [2.05, 4.69) is 6.58 Å². The van der Waals surface area contributed by atoms with Gasteiger partial charge in [0, 0.05) is 5.57 Å². The summed E-state index contributed by atoms with van der Waals surface area (Å²) in [5, 5.41) is 0. The molecule has 27 heavy (non-hydrogen) atoms. The highest BCUT2D eigenvalue weighted by Crippen LogP contribution is 2.62. The number of hydrogen-bond donors (Lipinski definition) is 0. The molecule has 0 N–H and O–H groups in total. The number of hydrogen-bond acceptors (Lipinski definition) is 4. The maximum absolute atomic E-state index is 12.3. The zero-order valence-corrected chi connectivity index (χ0v) is 17.6. The standard InChI is InChI=1S/C23H36O4/c1-13(2)12-26-21(24)14(3)9-15-7-8-17-18-10-16(20(15)17)11-19(18)27-22(25)23(4,5)6/h13,15-20H,3,7-12H2,1-2,4-6H3. The number of rotatable bonds is 6. The van der Waals surface area contributed by atoms with Gasteiger partial charge in [0.25, 0.3) is 0 Å². The first kappa shape index (κ1) is 20.4. The van der Waals surface area contributed by atoms with Crippen molar-refractivity contribution in [1.82, 2.24) is 0 Å². The fraction of sp³-hybridized carbons (Fsp3) is 0.826. The van der Waals surface area contributed by atoms with Crippen LogP contribution in [0, 0.1) is 40.9 Å². The van der Waals surface area contributed by atoms with E-state index in [1.807, 2.05) is 34.6 Å². The molecule has 6 unspecified atom stereocenters. The van der Waals surface area contributed by atoms with E-state index in [4.69, 9.17) is 9.47 Å². The average Bonchev–Trinajstić information content (AvgIpc) is 3.24. The molecule has 4 heteroatoms. The Labute approximate surface area is 164 Å². The lowest BCUT2D eigenvalue weighted by atomic mass is 9.75. The van der Waals surface area contributed by atoms with E-state index >= 15 is 0 Å². The van der Waals surface area contributed by atoms with Gasteiger partial charge in [-0.15, -0.1) is 0 Å². The molecular formula is C23H36O4. The largest absolute Gasteiger partial charge is 0.462 e. The van der Waals surface area contributed by atoms with Crippen molar-refractivity contribution in [3.8, 4) is 0 Å². The highest BCUT2D eigenvalue weighted by Gasteiger charge is 2.58. The van der Waals surface area contributed by atoms with Crippen LogP contribution in [0.15, 0.2) is 12.2 Å². The smallest absolute Gasteiger partial charge is 0.333 e. The van der Waals surface area contributed by atoms with Gasteiger partial charge in [-0.3, -0.25) is 4.79 Å². The van der Waals surface area contributed by atoms with Crippen molar-refractivity contribution in [3.63, 3.8) is 0 Å². The SMILES string of the molecule is C=C(CC1CCC2C3CC(CC3OC(=O)C(C)(C)C)C12)C(=O)OCC(C)C. The summed E-state index contributed by atoms with van der Waals surface area (Å²) in [5.41, 5.74) is 0.188. The second-order valence-corrected chi connectivity index (χ2v) is 10.5. The minimum absolute atomic E-state index is 0.0765. The molecule has 2 bridgehead atoms. The Kier molecular flexibility index (Phi) is 5.74. The van der Waals surface area contributed by atoms with Gasteiger partial charge in [-0.2, -0.15) is 0 Å². The maximum atomic E-state index is 12.3. The number of carbonyl (C=O) groups excluding carboxylic acids is 2. The lowest BCUT2D eigenvalue weighted by Gasteiger charge is -2.34. The normalized spacial score (nSPS) is 34.6. The van der Waals surface area contributed by atoms with Crippen molar-refractivity contribution in [3.05, 3.63) is 12.2 Å².